The van der Waals surface area contributed by atoms with Crippen LogP contribution in [0.4, 0.5) is 11.4 Å². The minimum Gasteiger partial charge on any atom is -0.381 e. The molecule has 0 radical (unpaired) electrons. The molecule has 2 aromatic rings. The van der Waals surface area contributed by atoms with Crippen molar-refractivity contribution in [1.29, 1.82) is 0 Å². The smallest absolute Gasteiger partial charge is 0.255 e. The predicted octanol–water partition coefficient (Wildman–Crippen LogP) is 4.03. The number of rotatable bonds is 3. The van der Waals surface area contributed by atoms with Crippen LogP contribution in [0.25, 0.3) is 0 Å². The number of hydrogen-bond acceptors (Lipinski definition) is 4. The Balaban J connectivity index is 1.72. The average molecular weight is 413 g/mol. The largest absolute Gasteiger partial charge is 0.381 e. The van der Waals surface area contributed by atoms with E-state index in [0.717, 1.165) is 35.6 Å². The number of amidine groups is 1. The van der Waals surface area contributed by atoms with Crippen molar-refractivity contribution >= 4 is 34.7 Å². The molecule has 152 valence electrons. The van der Waals surface area contributed by atoms with E-state index in [0.29, 0.717) is 30.3 Å². The van der Waals surface area contributed by atoms with Gasteiger partial charge in [-0.25, -0.2) is 0 Å². The summed E-state index contributed by atoms with van der Waals surface area (Å²) in [5.74, 6) is 0.848. The monoisotopic (exact) mass is 412 g/mol. The Morgan fingerprint density at radius 2 is 1.97 bits per heavy atom. The topological polar surface area (TPSA) is 66.0 Å². The van der Waals surface area contributed by atoms with Gasteiger partial charge in [-0.1, -0.05) is 29.8 Å². The van der Waals surface area contributed by atoms with Crippen LogP contribution >= 0.6 is 11.6 Å². The highest BCUT2D eigenvalue weighted by atomic mass is 35.5. The number of benzene rings is 2. The van der Waals surface area contributed by atoms with Crippen LogP contribution in [-0.2, 0) is 11.3 Å². The van der Waals surface area contributed by atoms with Gasteiger partial charge < -0.3 is 20.3 Å². The normalized spacial score (nSPS) is 18.7. The van der Waals surface area contributed by atoms with Crippen LogP contribution in [0.15, 0.2) is 47.5 Å². The van der Waals surface area contributed by atoms with Gasteiger partial charge in [0.2, 0.25) is 0 Å². The molecule has 2 aliphatic heterocycles. The molecule has 29 heavy (non-hydrogen) atoms. The quantitative estimate of drug-likeness (QED) is 0.798. The van der Waals surface area contributed by atoms with Gasteiger partial charge in [0.25, 0.3) is 5.91 Å². The molecule has 0 unspecified atom stereocenters. The number of halogens is 1. The molecule has 0 bridgehead atoms. The molecule has 1 amide bonds. The Morgan fingerprint density at radius 3 is 2.69 bits per heavy atom. The average Bonchev–Trinajstić information content (AvgIpc) is 2.72. The summed E-state index contributed by atoms with van der Waals surface area (Å²) in [7, 11) is 3.53. The first-order valence-corrected chi connectivity index (χ1v) is 10.1. The maximum Gasteiger partial charge on any atom is 0.255 e. The second-order valence-electron chi connectivity index (χ2n) is 7.67. The van der Waals surface area contributed by atoms with Gasteiger partial charge in [0.1, 0.15) is 5.84 Å². The molecule has 0 aromatic heterocycles. The predicted molar refractivity (Wildman–Crippen MR) is 117 cm³/mol. The van der Waals surface area contributed by atoms with Crippen LogP contribution in [0.2, 0.25) is 5.02 Å². The molecule has 1 fully saturated rings. The molecule has 4 rings (SSSR count). The van der Waals surface area contributed by atoms with Crippen LogP contribution in [0.1, 0.15) is 28.8 Å². The van der Waals surface area contributed by atoms with E-state index in [1.165, 1.54) is 0 Å². The number of fused-ring (bicyclic) bond motifs is 1. The van der Waals surface area contributed by atoms with Gasteiger partial charge in [0, 0.05) is 45.2 Å². The lowest BCUT2D eigenvalue weighted by Crippen LogP contribution is -2.56. The molecule has 0 saturated carbocycles. The molecular weight excluding hydrogens is 388 g/mol. The Hall–Kier alpha value is -2.57. The fraction of sp³-hybridized carbons (Fsp3) is 0.364. The molecule has 6 nitrogen and oxygen atoms in total. The third kappa shape index (κ3) is 3.95. The molecule has 2 aliphatic rings. The Bertz CT molecular complexity index is 952. The molecule has 2 aromatic carbocycles. The number of ether oxygens (including phenoxy) is 1. The van der Waals surface area contributed by atoms with Crippen molar-refractivity contribution in [3.8, 4) is 0 Å². The number of para-hydroxylation sites is 1. The van der Waals surface area contributed by atoms with Crippen molar-refractivity contribution in [3.05, 3.63) is 58.6 Å². The van der Waals surface area contributed by atoms with E-state index in [9.17, 15) is 4.79 Å². The lowest BCUT2D eigenvalue weighted by molar-refractivity contribution is 0.0776. The highest BCUT2D eigenvalue weighted by Crippen LogP contribution is 2.39. The van der Waals surface area contributed by atoms with Gasteiger partial charge in [-0.3, -0.25) is 9.79 Å². The first-order chi connectivity index (χ1) is 14.0. The zero-order chi connectivity index (χ0) is 20.4. The minimum absolute atomic E-state index is 0.0299. The number of amides is 1. The number of carbonyl (C=O) groups is 1. The summed E-state index contributed by atoms with van der Waals surface area (Å²) in [5, 5.41) is 7.88. The van der Waals surface area contributed by atoms with E-state index in [-0.39, 0.29) is 11.4 Å². The minimum atomic E-state index is -0.382. The summed E-state index contributed by atoms with van der Waals surface area (Å²) < 4.78 is 5.61. The van der Waals surface area contributed by atoms with Crippen LogP contribution in [0, 0.1) is 0 Å². The van der Waals surface area contributed by atoms with E-state index < -0.39 is 0 Å². The maximum absolute atomic E-state index is 12.7. The number of nitrogens with zero attached hydrogens (tertiary/aromatic N) is 2. The fourth-order valence-corrected chi connectivity index (χ4v) is 4.05. The number of hydrogen-bond donors (Lipinski definition) is 2. The maximum atomic E-state index is 12.7. The number of carbonyl (C=O) groups excluding carboxylic acids is 1. The number of aliphatic imine (C=N–C) groups is 1. The third-order valence-corrected chi connectivity index (χ3v) is 5.66. The van der Waals surface area contributed by atoms with Crippen molar-refractivity contribution in [2.24, 2.45) is 4.99 Å². The van der Waals surface area contributed by atoms with Gasteiger partial charge >= 0.3 is 0 Å². The second-order valence-corrected chi connectivity index (χ2v) is 8.10. The van der Waals surface area contributed by atoms with Crippen molar-refractivity contribution < 1.29 is 9.53 Å². The summed E-state index contributed by atoms with van der Waals surface area (Å²) in [6.45, 7) is 1.81. The zero-order valence-electron chi connectivity index (χ0n) is 16.7. The van der Waals surface area contributed by atoms with Gasteiger partial charge in [0.05, 0.1) is 29.0 Å². The van der Waals surface area contributed by atoms with Crippen LogP contribution in [-0.4, -0.2) is 49.5 Å². The standard InChI is InChI=1S/C22H25ClN4O2/c1-27(2)20(28)17-7-4-8-18-19(17)26-22(9-11-29-12-10-22)21(25-18)24-14-15-5-3-6-16(23)13-15/h3-8,13,26H,9-12,14H2,1-2H3,(H,24,25). The van der Waals surface area contributed by atoms with E-state index >= 15 is 0 Å². The Labute approximate surface area is 175 Å². The lowest BCUT2D eigenvalue weighted by atomic mass is 9.85. The molecule has 0 atom stereocenters. The summed E-state index contributed by atoms with van der Waals surface area (Å²) in [6, 6.07) is 13.5. The summed E-state index contributed by atoms with van der Waals surface area (Å²) >= 11 is 6.12. The Kier molecular flexibility index (Phi) is 5.48. The summed E-state index contributed by atoms with van der Waals surface area (Å²) in [5.41, 5.74) is 3.01. The molecule has 7 heteroatoms. The van der Waals surface area contributed by atoms with Crippen molar-refractivity contribution in [2.45, 2.75) is 24.9 Å². The highest BCUT2D eigenvalue weighted by Gasteiger charge is 2.42. The molecule has 1 spiro atoms. The Morgan fingerprint density at radius 1 is 1.21 bits per heavy atom. The zero-order valence-corrected chi connectivity index (χ0v) is 17.4. The first kappa shape index (κ1) is 19.7. The lowest BCUT2D eigenvalue weighted by Gasteiger charge is -2.44. The van der Waals surface area contributed by atoms with Crippen molar-refractivity contribution in [1.82, 2.24) is 4.90 Å². The van der Waals surface area contributed by atoms with Crippen LogP contribution < -0.4 is 10.6 Å². The van der Waals surface area contributed by atoms with Crippen LogP contribution in [0.3, 0.4) is 0 Å². The van der Waals surface area contributed by atoms with E-state index in [1.54, 1.807) is 19.0 Å². The molecular formula is C22H25ClN4O2. The van der Waals surface area contributed by atoms with Gasteiger partial charge in [-0.15, -0.1) is 0 Å². The number of anilines is 2. The van der Waals surface area contributed by atoms with E-state index in [4.69, 9.17) is 21.3 Å². The molecule has 0 aliphatic carbocycles. The second kappa shape index (κ2) is 8.05. The van der Waals surface area contributed by atoms with Crippen molar-refractivity contribution in [2.75, 3.05) is 37.9 Å². The molecule has 2 N–H and O–H groups in total. The SMILES string of the molecule is CN(C)C(=O)c1cccc2c1NC1(CCOCC1)C(=NCc1cccc(Cl)c1)N2. The van der Waals surface area contributed by atoms with Crippen LogP contribution in [0.5, 0.6) is 0 Å². The number of nitrogens with one attached hydrogen (secondary N) is 2. The van der Waals surface area contributed by atoms with E-state index in [1.807, 2.05) is 42.5 Å². The van der Waals surface area contributed by atoms with Crippen molar-refractivity contribution in [3.63, 3.8) is 0 Å². The van der Waals surface area contributed by atoms with Gasteiger partial charge in [0.15, 0.2) is 0 Å². The molecule has 2 heterocycles. The van der Waals surface area contributed by atoms with Gasteiger partial charge in [-0.2, -0.15) is 0 Å². The van der Waals surface area contributed by atoms with Gasteiger partial charge in [-0.05, 0) is 29.8 Å². The highest BCUT2D eigenvalue weighted by molar-refractivity contribution is 6.30. The third-order valence-electron chi connectivity index (χ3n) is 5.43. The summed E-state index contributed by atoms with van der Waals surface area (Å²) in [6.07, 6.45) is 1.55. The fourth-order valence-electron chi connectivity index (χ4n) is 3.83. The first-order valence-electron chi connectivity index (χ1n) is 9.75. The molecule has 1 saturated heterocycles. The van der Waals surface area contributed by atoms with E-state index in [2.05, 4.69) is 10.6 Å². The summed E-state index contributed by atoms with van der Waals surface area (Å²) in [4.78, 5) is 19.2.